The molecule has 0 amide bonds. The highest BCUT2D eigenvalue weighted by molar-refractivity contribution is 4.77. The van der Waals surface area contributed by atoms with Gasteiger partial charge < -0.3 is 10.6 Å². The lowest BCUT2D eigenvalue weighted by molar-refractivity contribution is 0.0943. The average Bonchev–Trinajstić information content (AvgIpc) is 2.26. The first-order valence-electron chi connectivity index (χ1n) is 5.98. The Morgan fingerprint density at radius 3 is 2.21 bits per heavy atom. The first-order chi connectivity index (χ1) is 6.81. The molecule has 0 bridgehead atoms. The van der Waals surface area contributed by atoms with Gasteiger partial charge in [0.2, 0.25) is 0 Å². The normalized spacial score (nSPS) is 22.5. The molecule has 1 heterocycles. The van der Waals surface area contributed by atoms with Gasteiger partial charge in [0, 0.05) is 32.2 Å². The van der Waals surface area contributed by atoms with Crippen molar-refractivity contribution < 1.29 is 0 Å². The largest absolute Gasteiger partial charge is 0.330 e. The highest BCUT2D eigenvalue weighted by atomic mass is 15.3. The molecule has 1 aliphatic heterocycles. The summed E-state index contributed by atoms with van der Waals surface area (Å²) in [4.78, 5) is 5.13. The van der Waals surface area contributed by atoms with Crippen LogP contribution in [-0.4, -0.2) is 55.1 Å². The summed E-state index contributed by atoms with van der Waals surface area (Å²) in [6, 6.07) is 0.721. The second-order valence-electron chi connectivity index (χ2n) is 4.11. The van der Waals surface area contributed by atoms with Gasteiger partial charge in [-0.25, -0.2) is 0 Å². The molecule has 1 atom stereocenters. The highest BCUT2D eigenvalue weighted by Gasteiger charge is 2.20. The zero-order chi connectivity index (χ0) is 10.4. The first kappa shape index (κ1) is 12.0. The Labute approximate surface area is 88.2 Å². The first-order valence-corrected chi connectivity index (χ1v) is 5.98. The van der Waals surface area contributed by atoms with E-state index >= 15 is 0 Å². The fourth-order valence-corrected chi connectivity index (χ4v) is 2.28. The molecule has 0 saturated carbocycles. The molecule has 2 N–H and O–H groups in total. The summed E-state index contributed by atoms with van der Waals surface area (Å²) in [5, 5.41) is 0. The van der Waals surface area contributed by atoms with E-state index in [2.05, 4.69) is 23.6 Å². The van der Waals surface area contributed by atoms with E-state index in [1.807, 2.05) is 0 Å². The Hall–Kier alpha value is -0.120. The van der Waals surface area contributed by atoms with Crippen LogP contribution in [0.5, 0.6) is 0 Å². The molecule has 14 heavy (non-hydrogen) atoms. The van der Waals surface area contributed by atoms with Gasteiger partial charge in [0.15, 0.2) is 0 Å². The Kier molecular flexibility index (Phi) is 5.45. The number of hydrogen-bond donors (Lipinski definition) is 1. The van der Waals surface area contributed by atoms with E-state index in [0.717, 1.165) is 19.0 Å². The lowest BCUT2D eigenvalue weighted by Crippen LogP contribution is -2.50. The smallest absolute Gasteiger partial charge is 0.0113 e. The van der Waals surface area contributed by atoms with E-state index in [-0.39, 0.29) is 0 Å². The van der Waals surface area contributed by atoms with Gasteiger partial charge in [-0.2, -0.15) is 0 Å². The molecule has 1 unspecified atom stereocenters. The summed E-state index contributed by atoms with van der Waals surface area (Å²) in [6.07, 6.45) is 2.39. The lowest BCUT2D eigenvalue weighted by Gasteiger charge is -2.38. The minimum absolute atomic E-state index is 0.721. The molecule has 0 aromatic heterocycles. The summed E-state index contributed by atoms with van der Waals surface area (Å²) in [5.74, 6) is 0. The summed E-state index contributed by atoms with van der Waals surface area (Å²) in [5.41, 5.74) is 5.63. The summed E-state index contributed by atoms with van der Waals surface area (Å²) in [6.45, 7) is 11.5. The minimum atomic E-state index is 0.721. The third-order valence-corrected chi connectivity index (χ3v) is 3.34. The van der Waals surface area contributed by atoms with Crippen LogP contribution in [0.2, 0.25) is 0 Å². The second kappa shape index (κ2) is 6.38. The van der Waals surface area contributed by atoms with Crippen molar-refractivity contribution in [3.05, 3.63) is 0 Å². The van der Waals surface area contributed by atoms with E-state index in [1.165, 1.54) is 39.1 Å². The summed E-state index contributed by atoms with van der Waals surface area (Å²) < 4.78 is 0. The van der Waals surface area contributed by atoms with Crippen LogP contribution in [-0.2, 0) is 0 Å². The van der Waals surface area contributed by atoms with Crippen LogP contribution in [0.3, 0.4) is 0 Å². The van der Waals surface area contributed by atoms with Gasteiger partial charge in [-0.1, -0.05) is 13.8 Å². The van der Waals surface area contributed by atoms with Gasteiger partial charge in [-0.15, -0.1) is 0 Å². The molecular weight excluding hydrogens is 174 g/mol. The molecule has 1 fully saturated rings. The SMILES string of the molecule is CCC(CCN)N1CCN(CC)CC1. The predicted molar refractivity (Wildman–Crippen MR) is 61.4 cm³/mol. The Bertz CT molecular complexity index is 141. The second-order valence-corrected chi connectivity index (χ2v) is 4.11. The molecule has 1 aliphatic rings. The molecule has 1 saturated heterocycles. The van der Waals surface area contributed by atoms with Crippen LogP contribution in [0.25, 0.3) is 0 Å². The number of hydrogen-bond acceptors (Lipinski definition) is 3. The maximum Gasteiger partial charge on any atom is 0.0113 e. The number of nitrogens with two attached hydrogens (primary N) is 1. The van der Waals surface area contributed by atoms with E-state index < -0.39 is 0 Å². The van der Waals surface area contributed by atoms with E-state index in [4.69, 9.17) is 5.73 Å². The van der Waals surface area contributed by atoms with E-state index in [0.29, 0.717) is 0 Å². The highest BCUT2D eigenvalue weighted by Crippen LogP contribution is 2.11. The Morgan fingerprint density at radius 2 is 1.79 bits per heavy atom. The predicted octanol–water partition coefficient (Wildman–Crippen LogP) is 0.751. The van der Waals surface area contributed by atoms with Gasteiger partial charge in [0.05, 0.1) is 0 Å². The van der Waals surface area contributed by atoms with Crippen molar-refractivity contribution in [2.45, 2.75) is 32.7 Å². The molecular formula is C11H25N3. The molecule has 0 aromatic rings. The Balaban J connectivity index is 2.31. The van der Waals surface area contributed by atoms with Crippen molar-refractivity contribution in [3.8, 4) is 0 Å². The molecule has 0 aliphatic carbocycles. The molecule has 0 spiro atoms. The van der Waals surface area contributed by atoms with Crippen molar-refractivity contribution in [3.63, 3.8) is 0 Å². The van der Waals surface area contributed by atoms with Gasteiger partial charge in [-0.05, 0) is 25.9 Å². The van der Waals surface area contributed by atoms with Crippen LogP contribution in [0.15, 0.2) is 0 Å². The quantitative estimate of drug-likeness (QED) is 0.709. The topological polar surface area (TPSA) is 32.5 Å². The zero-order valence-electron chi connectivity index (χ0n) is 9.71. The van der Waals surface area contributed by atoms with Crippen molar-refractivity contribution >= 4 is 0 Å². The zero-order valence-corrected chi connectivity index (χ0v) is 9.71. The fraction of sp³-hybridized carbons (Fsp3) is 1.00. The number of rotatable bonds is 5. The average molecular weight is 199 g/mol. The molecule has 0 radical (unpaired) electrons. The van der Waals surface area contributed by atoms with Crippen LogP contribution in [0.4, 0.5) is 0 Å². The summed E-state index contributed by atoms with van der Waals surface area (Å²) >= 11 is 0. The molecule has 1 rings (SSSR count). The maximum atomic E-state index is 5.63. The molecule has 0 aromatic carbocycles. The van der Waals surface area contributed by atoms with Crippen molar-refractivity contribution in [1.29, 1.82) is 0 Å². The molecule has 3 heteroatoms. The van der Waals surface area contributed by atoms with Gasteiger partial charge in [-0.3, -0.25) is 4.90 Å². The van der Waals surface area contributed by atoms with Crippen LogP contribution in [0, 0.1) is 0 Å². The number of piperazine rings is 1. The maximum absolute atomic E-state index is 5.63. The third-order valence-electron chi connectivity index (χ3n) is 3.34. The van der Waals surface area contributed by atoms with Crippen LogP contribution >= 0.6 is 0 Å². The molecule has 3 nitrogen and oxygen atoms in total. The van der Waals surface area contributed by atoms with E-state index in [1.54, 1.807) is 0 Å². The summed E-state index contributed by atoms with van der Waals surface area (Å²) in [7, 11) is 0. The Morgan fingerprint density at radius 1 is 1.14 bits per heavy atom. The fourth-order valence-electron chi connectivity index (χ4n) is 2.28. The third kappa shape index (κ3) is 3.23. The monoisotopic (exact) mass is 199 g/mol. The van der Waals surface area contributed by atoms with Crippen LogP contribution in [0.1, 0.15) is 26.7 Å². The van der Waals surface area contributed by atoms with Crippen molar-refractivity contribution in [2.75, 3.05) is 39.3 Å². The van der Waals surface area contributed by atoms with Crippen molar-refractivity contribution in [2.24, 2.45) is 5.73 Å². The van der Waals surface area contributed by atoms with Crippen molar-refractivity contribution in [1.82, 2.24) is 9.80 Å². The van der Waals surface area contributed by atoms with Gasteiger partial charge >= 0.3 is 0 Å². The van der Waals surface area contributed by atoms with Crippen LogP contribution < -0.4 is 5.73 Å². The van der Waals surface area contributed by atoms with Gasteiger partial charge in [0.25, 0.3) is 0 Å². The van der Waals surface area contributed by atoms with E-state index in [9.17, 15) is 0 Å². The van der Waals surface area contributed by atoms with Gasteiger partial charge in [0.1, 0.15) is 0 Å². The minimum Gasteiger partial charge on any atom is -0.330 e. The standard InChI is InChI=1S/C11H25N3/c1-3-11(5-6-12)14-9-7-13(4-2)8-10-14/h11H,3-10,12H2,1-2H3. The number of nitrogens with zero attached hydrogens (tertiary/aromatic N) is 2. The number of likely N-dealkylation sites (N-methyl/N-ethyl adjacent to an activating group) is 1. The lowest BCUT2D eigenvalue weighted by atomic mass is 10.1. The molecule has 84 valence electrons.